The van der Waals surface area contributed by atoms with Gasteiger partial charge in [-0.2, -0.15) is 0 Å². The minimum atomic E-state index is -0.118. The Kier molecular flexibility index (Phi) is 6.82. The largest absolute Gasteiger partial charge is 0.369 e. The number of anilines is 2. The first-order chi connectivity index (χ1) is 12.0. The Labute approximate surface area is 151 Å². The molecule has 1 saturated heterocycles. The van der Waals surface area contributed by atoms with Gasteiger partial charge in [-0.3, -0.25) is 9.59 Å². The van der Waals surface area contributed by atoms with Crippen LogP contribution in [0.3, 0.4) is 0 Å². The lowest BCUT2D eigenvalue weighted by atomic mass is 10.2. The zero-order valence-corrected chi connectivity index (χ0v) is 15.9. The Bertz CT molecular complexity index is 576. The van der Waals surface area contributed by atoms with E-state index in [4.69, 9.17) is 0 Å². The maximum absolute atomic E-state index is 12.4. The maximum atomic E-state index is 12.4. The number of amides is 2. The highest BCUT2D eigenvalue weighted by atomic mass is 16.2. The number of nitrogens with zero attached hydrogens (tertiary/aromatic N) is 4. The van der Waals surface area contributed by atoms with Crippen molar-refractivity contribution in [2.24, 2.45) is 0 Å². The topological polar surface area (TPSA) is 47.1 Å². The van der Waals surface area contributed by atoms with Gasteiger partial charge in [-0.05, 0) is 45.2 Å². The molecule has 1 fully saturated rings. The van der Waals surface area contributed by atoms with Crippen molar-refractivity contribution in [3.63, 3.8) is 0 Å². The fourth-order valence-corrected chi connectivity index (χ4v) is 3.10. The Morgan fingerprint density at radius 1 is 1.00 bits per heavy atom. The van der Waals surface area contributed by atoms with Crippen LogP contribution in [0.25, 0.3) is 0 Å². The zero-order chi connectivity index (χ0) is 18.4. The van der Waals surface area contributed by atoms with Crippen LogP contribution in [-0.4, -0.2) is 74.5 Å². The van der Waals surface area contributed by atoms with Gasteiger partial charge in [-0.15, -0.1) is 0 Å². The van der Waals surface area contributed by atoms with Crippen molar-refractivity contribution in [2.75, 3.05) is 62.7 Å². The Balaban J connectivity index is 2.08. The quantitative estimate of drug-likeness (QED) is 0.786. The molecular formula is C19H30N4O2. The molecule has 0 bridgehead atoms. The molecule has 1 aromatic rings. The Morgan fingerprint density at radius 2 is 1.56 bits per heavy atom. The number of rotatable bonds is 6. The standard InChI is InChI=1S/C19H30N4O2/c1-5-21(6-2)19(25)15-23(16(3)24)18-9-7-17(8-10-18)22-13-11-20(4)12-14-22/h7-10H,5-6,11-15H2,1-4H3. The molecule has 6 nitrogen and oxygen atoms in total. The number of carbonyl (C=O) groups is 2. The van der Waals surface area contributed by atoms with Crippen molar-refractivity contribution in [1.82, 2.24) is 9.80 Å². The molecule has 0 spiro atoms. The van der Waals surface area contributed by atoms with Crippen molar-refractivity contribution in [3.05, 3.63) is 24.3 Å². The van der Waals surface area contributed by atoms with Gasteiger partial charge in [0, 0.05) is 57.6 Å². The van der Waals surface area contributed by atoms with Crippen LogP contribution in [0, 0.1) is 0 Å². The third-order valence-electron chi connectivity index (χ3n) is 4.82. The van der Waals surface area contributed by atoms with Crippen LogP contribution in [-0.2, 0) is 9.59 Å². The van der Waals surface area contributed by atoms with Crippen LogP contribution < -0.4 is 9.80 Å². The van der Waals surface area contributed by atoms with Crippen LogP contribution in [0.1, 0.15) is 20.8 Å². The van der Waals surface area contributed by atoms with Crippen LogP contribution >= 0.6 is 0 Å². The number of likely N-dealkylation sites (N-methyl/N-ethyl adjacent to an activating group) is 2. The normalized spacial score (nSPS) is 15.1. The van der Waals surface area contributed by atoms with Crippen LogP contribution in [0.4, 0.5) is 11.4 Å². The molecule has 2 amide bonds. The molecule has 1 aromatic carbocycles. The van der Waals surface area contributed by atoms with Crippen molar-refractivity contribution < 1.29 is 9.59 Å². The van der Waals surface area contributed by atoms with Gasteiger partial charge in [0.25, 0.3) is 0 Å². The van der Waals surface area contributed by atoms with Crippen molar-refractivity contribution >= 4 is 23.2 Å². The van der Waals surface area contributed by atoms with Crippen LogP contribution in [0.5, 0.6) is 0 Å². The third kappa shape index (κ3) is 4.95. The highest BCUT2D eigenvalue weighted by molar-refractivity contribution is 5.97. The van der Waals surface area contributed by atoms with Crippen LogP contribution in [0.2, 0.25) is 0 Å². The summed E-state index contributed by atoms with van der Waals surface area (Å²) in [6.45, 7) is 10.9. The molecule has 25 heavy (non-hydrogen) atoms. The maximum Gasteiger partial charge on any atom is 0.242 e. The van der Waals surface area contributed by atoms with E-state index in [-0.39, 0.29) is 18.4 Å². The van der Waals surface area contributed by atoms with E-state index in [2.05, 4.69) is 16.8 Å². The minimum Gasteiger partial charge on any atom is -0.369 e. The number of piperazine rings is 1. The minimum absolute atomic E-state index is 0.0247. The summed E-state index contributed by atoms with van der Waals surface area (Å²) in [5, 5.41) is 0. The Hall–Kier alpha value is -2.08. The predicted octanol–water partition coefficient (Wildman–Crippen LogP) is 1.66. The Morgan fingerprint density at radius 3 is 2.04 bits per heavy atom. The number of hydrogen-bond donors (Lipinski definition) is 0. The van der Waals surface area contributed by atoms with Gasteiger partial charge >= 0.3 is 0 Å². The van der Waals surface area contributed by atoms with E-state index in [1.54, 1.807) is 9.80 Å². The molecular weight excluding hydrogens is 316 g/mol. The lowest BCUT2D eigenvalue weighted by Crippen LogP contribution is -2.44. The SMILES string of the molecule is CCN(CC)C(=O)CN(C(C)=O)c1ccc(N2CCN(C)CC2)cc1. The molecule has 0 aliphatic carbocycles. The van der Waals surface area contributed by atoms with Gasteiger partial charge in [0.15, 0.2) is 0 Å². The first-order valence-corrected chi connectivity index (χ1v) is 9.05. The molecule has 0 unspecified atom stereocenters. The molecule has 1 aliphatic rings. The van der Waals surface area contributed by atoms with E-state index in [0.29, 0.717) is 13.1 Å². The van der Waals surface area contributed by atoms with E-state index >= 15 is 0 Å². The highest BCUT2D eigenvalue weighted by Gasteiger charge is 2.20. The summed E-state index contributed by atoms with van der Waals surface area (Å²) in [4.78, 5) is 32.4. The second kappa shape index (κ2) is 8.85. The molecule has 2 rings (SSSR count). The van der Waals surface area contributed by atoms with Gasteiger partial charge < -0.3 is 19.6 Å². The second-order valence-corrected chi connectivity index (χ2v) is 6.48. The van der Waals surface area contributed by atoms with Gasteiger partial charge in [0.05, 0.1) is 0 Å². The van der Waals surface area contributed by atoms with Crippen molar-refractivity contribution in [2.45, 2.75) is 20.8 Å². The monoisotopic (exact) mass is 346 g/mol. The summed E-state index contributed by atoms with van der Waals surface area (Å²) >= 11 is 0. The molecule has 138 valence electrons. The number of carbonyl (C=O) groups excluding carboxylic acids is 2. The molecule has 1 heterocycles. The summed E-state index contributed by atoms with van der Waals surface area (Å²) in [7, 11) is 2.14. The molecule has 0 radical (unpaired) electrons. The zero-order valence-electron chi connectivity index (χ0n) is 15.9. The molecule has 0 aromatic heterocycles. The molecule has 0 N–H and O–H groups in total. The van der Waals surface area contributed by atoms with Crippen LogP contribution in [0.15, 0.2) is 24.3 Å². The predicted molar refractivity (Wildman–Crippen MR) is 102 cm³/mol. The summed E-state index contributed by atoms with van der Waals surface area (Å²) in [6, 6.07) is 7.95. The van der Waals surface area contributed by atoms with E-state index < -0.39 is 0 Å². The molecule has 6 heteroatoms. The van der Waals surface area contributed by atoms with Crippen molar-refractivity contribution in [1.29, 1.82) is 0 Å². The lowest BCUT2D eigenvalue weighted by molar-refractivity contribution is -0.130. The molecule has 1 aliphatic heterocycles. The number of hydrogen-bond acceptors (Lipinski definition) is 4. The lowest BCUT2D eigenvalue weighted by Gasteiger charge is -2.34. The van der Waals surface area contributed by atoms with Crippen molar-refractivity contribution in [3.8, 4) is 0 Å². The van der Waals surface area contributed by atoms with E-state index in [1.807, 2.05) is 38.1 Å². The fraction of sp³-hybridized carbons (Fsp3) is 0.579. The smallest absolute Gasteiger partial charge is 0.242 e. The van der Waals surface area contributed by atoms with Gasteiger partial charge in [0.2, 0.25) is 11.8 Å². The summed E-state index contributed by atoms with van der Waals surface area (Å²) in [5.41, 5.74) is 1.93. The van der Waals surface area contributed by atoms with E-state index in [9.17, 15) is 9.59 Å². The summed E-state index contributed by atoms with van der Waals surface area (Å²) < 4.78 is 0. The van der Waals surface area contributed by atoms with Gasteiger partial charge in [-0.1, -0.05) is 0 Å². The third-order valence-corrected chi connectivity index (χ3v) is 4.82. The average Bonchev–Trinajstić information content (AvgIpc) is 2.61. The van der Waals surface area contributed by atoms with E-state index in [0.717, 1.165) is 37.6 Å². The van der Waals surface area contributed by atoms with E-state index in [1.165, 1.54) is 6.92 Å². The summed E-state index contributed by atoms with van der Waals surface area (Å²) in [6.07, 6.45) is 0. The average molecular weight is 346 g/mol. The fourth-order valence-electron chi connectivity index (χ4n) is 3.10. The van der Waals surface area contributed by atoms with Gasteiger partial charge in [-0.25, -0.2) is 0 Å². The first kappa shape index (κ1) is 19.2. The molecule has 0 saturated carbocycles. The number of benzene rings is 1. The second-order valence-electron chi connectivity index (χ2n) is 6.48. The molecule has 0 atom stereocenters. The first-order valence-electron chi connectivity index (χ1n) is 9.05. The van der Waals surface area contributed by atoms with Gasteiger partial charge in [0.1, 0.15) is 6.54 Å². The summed E-state index contributed by atoms with van der Waals surface area (Å²) in [5.74, 6) is -0.142. The highest BCUT2D eigenvalue weighted by Crippen LogP contribution is 2.22.